The first-order valence-corrected chi connectivity index (χ1v) is 8.09. The minimum Gasteiger partial charge on any atom is -0.367 e. The van der Waals surface area contributed by atoms with Crippen LogP contribution >= 0.6 is 15.9 Å². The van der Waals surface area contributed by atoms with Crippen LogP contribution in [0.25, 0.3) is 0 Å². The molecule has 1 saturated carbocycles. The Morgan fingerprint density at radius 2 is 1.95 bits per heavy atom. The highest BCUT2D eigenvalue weighted by Gasteiger charge is 2.40. The Hall–Kier alpha value is -0.810. The van der Waals surface area contributed by atoms with Crippen LogP contribution in [-0.4, -0.2) is 18.0 Å². The summed E-state index contributed by atoms with van der Waals surface area (Å²) in [5.74, 6) is -1.61. The number of ether oxygens (including phenoxy) is 1. The van der Waals surface area contributed by atoms with Gasteiger partial charge >= 0.3 is 0 Å². The maximum absolute atomic E-state index is 14.0. The zero-order valence-electron chi connectivity index (χ0n) is 12.1. The molecule has 1 aromatic rings. The first-order chi connectivity index (χ1) is 10.00. The standard InChI is InChI=1S/C16H19BrF2O2/c1-2-21-16(8-4-3-5-9-16)14(20)10-11-13(18)7-6-12(17)15(11)19/h6-7H,2-5,8-10H2,1H3. The monoisotopic (exact) mass is 360 g/mol. The molecule has 0 unspecified atom stereocenters. The predicted octanol–water partition coefficient (Wildman–Crippen LogP) is 4.58. The number of hydrogen-bond donors (Lipinski definition) is 0. The summed E-state index contributed by atoms with van der Waals surface area (Å²) < 4.78 is 33.7. The largest absolute Gasteiger partial charge is 0.367 e. The van der Waals surface area contributed by atoms with Crippen molar-refractivity contribution >= 4 is 21.7 Å². The number of halogens is 3. The third-order valence-electron chi connectivity index (χ3n) is 4.07. The highest BCUT2D eigenvalue weighted by molar-refractivity contribution is 9.10. The molecular weight excluding hydrogens is 342 g/mol. The van der Waals surface area contributed by atoms with Gasteiger partial charge in [0.1, 0.15) is 17.2 Å². The lowest BCUT2D eigenvalue weighted by molar-refractivity contribution is -0.148. The van der Waals surface area contributed by atoms with E-state index in [0.717, 1.165) is 19.3 Å². The van der Waals surface area contributed by atoms with E-state index in [2.05, 4.69) is 15.9 Å². The summed E-state index contributed by atoms with van der Waals surface area (Å²) in [4.78, 5) is 12.6. The van der Waals surface area contributed by atoms with Gasteiger partial charge in [0.05, 0.1) is 4.47 Å². The molecule has 116 valence electrons. The molecule has 1 aromatic carbocycles. The normalized spacial score (nSPS) is 17.7. The van der Waals surface area contributed by atoms with Crippen molar-refractivity contribution in [3.8, 4) is 0 Å². The second-order valence-electron chi connectivity index (χ2n) is 5.41. The van der Waals surface area contributed by atoms with Gasteiger partial charge in [0.15, 0.2) is 5.78 Å². The summed E-state index contributed by atoms with van der Waals surface area (Å²) in [6, 6.07) is 2.47. The van der Waals surface area contributed by atoms with E-state index in [9.17, 15) is 13.6 Å². The molecule has 1 fully saturated rings. The average molecular weight is 361 g/mol. The summed E-state index contributed by atoms with van der Waals surface area (Å²) in [5.41, 5.74) is -1.05. The molecule has 0 amide bonds. The van der Waals surface area contributed by atoms with Gasteiger partial charge < -0.3 is 4.74 Å². The van der Waals surface area contributed by atoms with E-state index in [1.54, 1.807) is 0 Å². The number of Topliss-reactive ketones (excluding diaryl/α,β-unsaturated/α-hetero) is 1. The molecule has 0 atom stereocenters. The Balaban J connectivity index is 2.25. The molecule has 0 N–H and O–H groups in total. The molecule has 0 aromatic heterocycles. The van der Waals surface area contributed by atoms with Gasteiger partial charge in [0, 0.05) is 18.6 Å². The fraction of sp³-hybridized carbons (Fsp3) is 0.562. The first kappa shape index (κ1) is 16.6. The first-order valence-electron chi connectivity index (χ1n) is 7.30. The lowest BCUT2D eigenvalue weighted by Crippen LogP contribution is -2.44. The van der Waals surface area contributed by atoms with Crippen LogP contribution in [0.3, 0.4) is 0 Å². The van der Waals surface area contributed by atoms with Crippen LogP contribution in [0.5, 0.6) is 0 Å². The van der Waals surface area contributed by atoms with Crippen LogP contribution in [-0.2, 0) is 16.0 Å². The second kappa shape index (κ2) is 6.97. The van der Waals surface area contributed by atoms with Gasteiger partial charge in [-0.1, -0.05) is 19.3 Å². The molecule has 2 nitrogen and oxygen atoms in total. The summed E-state index contributed by atoms with van der Waals surface area (Å²) >= 11 is 3.03. The topological polar surface area (TPSA) is 26.3 Å². The molecule has 5 heteroatoms. The van der Waals surface area contributed by atoms with E-state index < -0.39 is 17.2 Å². The third-order valence-corrected chi connectivity index (χ3v) is 4.68. The Morgan fingerprint density at radius 1 is 1.29 bits per heavy atom. The zero-order chi connectivity index (χ0) is 15.5. The van der Waals surface area contributed by atoms with Gasteiger partial charge in [-0.05, 0) is 47.8 Å². The minimum absolute atomic E-state index is 0.167. The number of ketones is 1. The molecular formula is C16H19BrF2O2. The number of hydrogen-bond acceptors (Lipinski definition) is 2. The van der Waals surface area contributed by atoms with Crippen LogP contribution in [0.15, 0.2) is 16.6 Å². The van der Waals surface area contributed by atoms with Crippen molar-refractivity contribution in [1.82, 2.24) is 0 Å². The molecule has 2 rings (SSSR count). The molecule has 0 aliphatic heterocycles. The summed E-state index contributed by atoms with van der Waals surface area (Å²) in [5, 5.41) is 0. The second-order valence-corrected chi connectivity index (χ2v) is 6.26. The van der Waals surface area contributed by atoms with Gasteiger partial charge in [-0.3, -0.25) is 4.79 Å². The fourth-order valence-corrected chi connectivity index (χ4v) is 3.33. The fourth-order valence-electron chi connectivity index (χ4n) is 2.96. The Morgan fingerprint density at radius 3 is 2.57 bits per heavy atom. The molecule has 0 saturated heterocycles. The Labute approximate surface area is 132 Å². The molecule has 0 bridgehead atoms. The van der Waals surface area contributed by atoms with Crippen LogP contribution in [0.1, 0.15) is 44.6 Å². The van der Waals surface area contributed by atoms with E-state index in [0.29, 0.717) is 19.4 Å². The van der Waals surface area contributed by atoms with Gasteiger partial charge in [-0.2, -0.15) is 0 Å². The quantitative estimate of drug-likeness (QED) is 0.718. The number of carbonyl (C=O) groups is 1. The Kier molecular flexibility index (Phi) is 5.49. The highest BCUT2D eigenvalue weighted by Crippen LogP contribution is 2.34. The Bertz CT molecular complexity index is 520. The molecule has 0 radical (unpaired) electrons. The van der Waals surface area contributed by atoms with E-state index in [4.69, 9.17) is 4.74 Å². The van der Waals surface area contributed by atoms with Gasteiger partial charge in [-0.25, -0.2) is 8.78 Å². The SMILES string of the molecule is CCOC1(C(=O)Cc2c(F)ccc(Br)c2F)CCCCC1. The van der Waals surface area contributed by atoms with E-state index in [1.807, 2.05) is 6.92 Å². The van der Waals surface area contributed by atoms with Crippen molar-refractivity contribution in [2.75, 3.05) is 6.61 Å². The van der Waals surface area contributed by atoms with Gasteiger partial charge in [-0.15, -0.1) is 0 Å². The summed E-state index contributed by atoms with van der Waals surface area (Å²) in [6.45, 7) is 2.26. The van der Waals surface area contributed by atoms with Gasteiger partial charge in [0.25, 0.3) is 0 Å². The number of benzene rings is 1. The third kappa shape index (κ3) is 3.51. The molecule has 21 heavy (non-hydrogen) atoms. The lowest BCUT2D eigenvalue weighted by Gasteiger charge is -2.35. The summed E-state index contributed by atoms with van der Waals surface area (Å²) in [6.07, 6.45) is 3.90. The van der Waals surface area contributed by atoms with E-state index in [1.165, 1.54) is 12.1 Å². The van der Waals surface area contributed by atoms with Crippen LogP contribution < -0.4 is 0 Å². The maximum Gasteiger partial charge on any atom is 0.169 e. The van der Waals surface area contributed by atoms with Crippen molar-refractivity contribution < 1.29 is 18.3 Å². The van der Waals surface area contributed by atoms with Crippen LogP contribution in [0.4, 0.5) is 8.78 Å². The van der Waals surface area contributed by atoms with Crippen molar-refractivity contribution in [3.63, 3.8) is 0 Å². The average Bonchev–Trinajstić information content (AvgIpc) is 2.48. The number of rotatable bonds is 5. The molecule has 0 heterocycles. The predicted molar refractivity (Wildman–Crippen MR) is 80.2 cm³/mol. The van der Waals surface area contributed by atoms with Crippen LogP contribution in [0, 0.1) is 11.6 Å². The molecule has 0 spiro atoms. The molecule has 1 aliphatic rings. The lowest BCUT2D eigenvalue weighted by atomic mass is 9.79. The number of carbonyl (C=O) groups excluding carboxylic acids is 1. The molecule has 1 aliphatic carbocycles. The van der Waals surface area contributed by atoms with Crippen molar-refractivity contribution in [3.05, 3.63) is 33.8 Å². The maximum atomic E-state index is 14.0. The van der Waals surface area contributed by atoms with Crippen molar-refractivity contribution in [2.24, 2.45) is 0 Å². The van der Waals surface area contributed by atoms with Crippen molar-refractivity contribution in [1.29, 1.82) is 0 Å². The van der Waals surface area contributed by atoms with E-state index in [-0.39, 0.29) is 22.2 Å². The smallest absolute Gasteiger partial charge is 0.169 e. The van der Waals surface area contributed by atoms with E-state index >= 15 is 0 Å². The van der Waals surface area contributed by atoms with Crippen molar-refractivity contribution in [2.45, 2.75) is 51.0 Å². The van der Waals surface area contributed by atoms with Crippen LogP contribution in [0.2, 0.25) is 0 Å². The minimum atomic E-state index is -0.867. The highest BCUT2D eigenvalue weighted by atomic mass is 79.9. The van der Waals surface area contributed by atoms with Gasteiger partial charge in [0.2, 0.25) is 0 Å². The zero-order valence-corrected chi connectivity index (χ0v) is 13.6. The summed E-state index contributed by atoms with van der Waals surface area (Å²) in [7, 11) is 0.